The van der Waals surface area contributed by atoms with Crippen LogP contribution in [0.25, 0.3) is 5.65 Å². The van der Waals surface area contributed by atoms with Crippen molar-refractivity contribution in [2.24, 2.45) is 11.8 Å². The number of fused-ring (bicyclic) bond motifs is 4. The molecule has 1 amide bonds. The highest BCUT2D eigenvalue weighted by Gasteiger charge is 2.55. The van der Waals surface area contributed by atoms with Crippen molar-refractivity contribution in [1.29, 1.82) is 0 Å². The van der Waals surface area contributed by atoms with Gasteiger partial charge >= 0.3 is 0 Å². The van der Waals surface area contributed by atoms with E-state index < -0.39 is 0 Å². The molecule has 2 saturated carbocycles. The van der Waals surface area contributed by atoms with Gasteiger partial charge in [-0.05, 0) is 25.0 Å². The molecule has 5 atom stereocenters. The third-order valence-corrected chi connectivity index (χ3v) is 7.77. The predicted octanol–water partition coefficient (Wildman–Crippen LogP) is 1.16. The van der Waals surface area contributed by atoms with Gasteiger partial charge in [0.2, 0.25) is 5.75 Å². The predicted molar refractivity (Wildman–Crippen MR) is 129 cm³/mol. The Morgan fingerprint density at radius 2 is 2.14 bits per heavy atom. The number of nitrogens with one attached hydrogen (secondary N) is 3. The molecule has 3 aromatic rings. The molecule has 1 unspecified atom stereocenters. The minimum absolute atomic E-state index is 0.0154. The van der Waals surface area contributed by atoms with E-state index in [1.807, 2.05) is 12.3 Å². The van der Waals surface area contributed by atoms with Gasteiger partial charge in [0, 0.05) is 31.2 Å². The average Bonchev–Trinajstić information content (AvgIpc) is 3.20. The van der Waals surface area contributed by atoms with Gasteiger partial charge in [0.15, 0.2) is 17.3 Å². The largest absolute Gasteiger partial charge is 0.485 e. The van der Waals surface area contributed by atoms with Gasteiger partial charge in [0.1, 0.15) is 17.9 Å². The summed E-state index contributed by atoms with van der Waals surface area (Å²) in [5.41, 5.74) is 0.967. The lowest BCUT2D eigenvalue weighted by Gasteiger charge is -2.35. The topological polar surface area (TPSA) is 133 Å². The molecule has 36 heavy (non-hydrogen) atoms. The average molecular weight is 494 g/mol. The minimum Gasteiger partial charge on any atom is -0.485 e. The number of anilines is 3. The van der Waals surface area contributed by atoms with E-state index in [-0.39, 0.29) is 29.7 Å². The van der Waals surface area contributed by atoms with Gasteiger partial charge in [-0.15, -0.1) is 0 Å². The second kappa shape index (κ2) is 8.20. The van der Waals surface area contributed by atoms with E-state index >= 15 is 0 Å². The summed E-state index contributed by atoms with van der Waals surface area (Å²) in [4.78, 5) is 31.2. The zero-order chi connectivity index (χ0) is 24.4. The first-order valence-corrected chi connectivity index (χ1v) is 12.3. The quantitative estimate of drug-likeness (QED) is 0.463. The molecule has 12 nitrogen and oxygen atoms in total. The monoisotopic (exact) mass is 493 g/mol. The van der Waals surface area contributed by atoms with Crippen LogP contribution in [-0.4, -0.2) is 70.7 Å². The summed E-state index contributed by atoms with van der Waals surface area (Å²) >= 11 is 0. The first-order valence-electron chi connectivity index (χ1n) is 12.3. The van der Waals surface area contributed by atoms with Crippen LogP contribution in [0.4, 0.5) is 17.3 Å². The van der Waals surface area contributed by atoms with Crippen LogP contribution in [0, 0.1) is 11.8 Å². The lowest BCUT2D eigenvalue weighted by Crippen LogP contribution is -2.51. The first-order chi connectivity index (χ1) is 17.6. The van der Waals surface area contributed by atoms with Crippen LogP contribution in [0.15, 0.2) is 29.3 Å². The number of aromatic nitrogens is 4. The van der Waals surface area contributed by atoms with Gasteiger partial charge < -0.3 is 34.7 Å². The van der Waals surface area contributed by atoms with Crippen molar-refractivity contribution in [1.82, 2.24) is 24.5 Å². The molecular weight excluding hydrogens is 466 g/mol. The van der Waals surface area contributed by atoms with Gasteiger partial charge in [-0.25, -0.2) is 4.98 Å². The summed E-state index contributed by atoms with van der Waals surface area (Å²) in [6, 6.07) is 3.71. The molecule has 2 aliphatic carbocycles. The normalized spacial score (nSPS) is 27.9. The molecule has 7 rings (SSSR count). The number of amides is 1. The molecular formula is C24H27N7O5. The van der Waals surface area contributed by atoms with Crippen LogP contribution in [0.5, 0.6) is 5.75 Å². The summed E-state index contributed by atoms with van der Waals surface area (Å²) in [5.74, 6) is 1.91. The maximum atomic E-state index is 13.3. The van der Waals surface area contributed by atoms with Gasteiger partial charge in [-0.3, -0.25) is 9.59 Å². The van der Waals surface area contributed by atoms with Crippen LogP contribution in [0.1, 0.15) is 29.2 Å². The van der Waals surface area contributed by atoms with Crippen molar-refractivity contribution >= 4 is 28.9 Å². The Bertz CT molecular complexity index is 1410. The van der Waals surface area contributed by atoms with Crippen molar-refractivity contribution in [2.75, 3.05) is 44.1 Å². The SMILES string of the molecule is CO[C@@H]1CCC1NC(=O)c1cnn2c3c(c(Nc4cccn([C@H]5[C@@H]6COC[C@@H]65)c4=O)nc12)OCCN3. The molecule has 3 aromatic heterocycles. The van der Waals surface area contributed by atoms with E-state index in [0.717, 1.165) is 12.8 Å². The van der Waals surface area contributed by atoms with E-state index in [0.29, 0.717) is 72.5 Å². The number of hydrogen-bond donors (Lipinski definition) is 3. The number of carbonyl (C=O) groups excluding carboxylic acids is 1. The van der Waals surface area contributed by atoms with E-state index in [9.17, 15) is 9.59 Å². The molecule has 12 heteroatoms. The van der Waals surface area contributed by atoms with E-state index in [2.05, 4.69) is 21.0 Å². The van der Waals surface area contributed by atoms with E-state index in [4.69, 9.17) is 19.2 Å². The second-order valence-electron chi connectivity index (χ2n) is 9.75. The Morgan fingerprint density at radius 3 is 2.92 bits per heavy atom. The zero-order valence-corrected chi connectivity index (χ0v) is 19.8. The molecule has 3 fully saturated rings. The highest BCUT2D eigenvalue weighted by Crippen LogP contribution is 2.53. The maximum absolute atomic E-state index is 13.3. The van der Waals surface area contributed by atoms with Crippen molar-refractivity contribution < 1.29 is 19.0 Å². The third kappa shape index (κ3) is 3.28. The van der Waals surface area contributed by atoms with Gasteiger partial charge in [0.05, 0.1) is 38.1 Å². The Labute approximate surface area is 205 Å². The lowest BCUT2D eigenvalue weighted by molar-refractivity contribution is 0.00732. The molecule has 188 valence electrons. The van der Waals surface area contributed by atoms with Crippen molar-refractivity contribution in [2.45, 2.75) is 31.0 Å². The number of carbonyl (C=O) groups is 1. The molecule has 1 saturated heterocycles. The summed E-state index contributed by atoms with van der Waals surface area (Å²) in [6.45, 7) is 2.41. The molecule has 3 N–H and O–H groups in total. The van der Waals surface area contributed by atoms with Crippen LogP contribution in [0.3, 0.4) is 0 Å². The first kappa shape index (κ1) is 21.6. The Kier molecular flexibility index (Phi) is 4.93. The van der Waals surface area contributed by atoms with Gasteiger partial charge in [-0.2, -0.15) is 9.61 Å². The number of pyridine rings is 1. The number of methoxy groups -OCH3 is 1. The number of rotatable bonds is 6. The molecule has 0 aromatic carbocycles. The number of ether oxygens (including phenoxy) is 3. The molecule has 0 radical (unpaired) electrons. The number of nitrogens with zero attached hydrogens (tertiary/aromatic N) is 4. The molecule has 0 bridgehead atoms. The minimum atomic E-state index is -0.267. The Morgan fingerprint density at radius 1 is 1.28 bits per heavy atom. The van der Waals surface area contributed by atoms with Crippen LogP contribution >= 0.6 is 0 Å². The van der Waals surface area contributed by atoms with Crippen molar-refractivity contribution in [3.05, 3.63) is 40.4 Å². The fourth-order valence-electron chi connectivity index (χ4n) is 5.59. The zero-order valence-electron chi connectivity index (χ0n) is 19.8. The summed E-state index contributed by atoms with van der Waals surface area (Å²) in [7, 11) is 1.65. The lowest BCUT2D eigenvalue weighted by atomic mass is 9.89. The van der Waals surface area contributed by atoms with Crippen molar-refractivity contribution in [3.63, 3.8) is 0 Å². The van der Waals surface area contributed by atoms with E-state index in [1.54, 1.807) is 22.3 Å². The van der Waals surface area contributed by atoms with Crippen LogP contribution < -0.4 is 26.2 Å². The molecule has 5 heterocycles. The fourth-order valence-corrected chi connectivity index (χ4v) is 5.59. The standard InChI is InChI=1S/C24H27N7O5/c1-34-17-5-4-15(17)28-23(32)12-9-26-31-21(12)29-20(19-22(31)25-6-8-36-19)27-16-3-2-7-30(24(16)33)18-13-10-35-11-14(13)18/h2-3,7,9,13-15,17-18,25H,4-6,8,10-11H2,1H3,(H,27,29)(H,28,32)/t13-,14+,15?,17-,18+/m1/s1. The molecule has 2 aliphatic heterocycles. The van der Waals surface area contributed by atoms with Gasteiger partial charge in [-0.1, -0.05) is 0 Å². The summed E-state index contributed by atoms with van der Waals surface area (Å²) < 4.78 is 20.2. The molecule has 4 aliphatic rings. The third-order valence-electron chi connectivity index (χ3n) is 7.77. The van der Waals surface area contributed by atoms with Gasteiger partial charge in [0.25, 0.3) is 11.5 Å². The maximum Gasteiger partial charge on any atom is 0.274 e. The van der Waals surface area contributed by atoms with Crippen molar-refractivity contribution in [3.8, 4) is 5.75 Å². The second-order valence-corrected chi connectivity index (χ2v) is 9.75. The smallest absolute Gasteiger partial charge is 0.274 e. The summed E-state index contributed by atoms with van der Waals surface area (Å²) in [5, 5.41) is 13.9. The fraction of sp³-hybridized carbons (Fsp3) is 0.500. The Balaban J connectivity index is 1.24. The van der Waals surface area contributed by atoms with E-state index in [1.165, 1.54) is 6.20 Å². The highest BCUT2D eigenvalue weighted by atomic mass is 16.5. The highest BCUT2D eigenvalue weighted by molar-refractivity contribution is 6.00. The Hall–Kier alpha value is -3.64. The van der Waals surface area contributed by atoms with Crippen LogP contribution in [-0.2, 0) is 9.47 Å². The van der Waals surface area contributed by atoms with Crippen LogP contribution in [0.2, 0.25) is 0 Å². The number of hydrogen-bond acceptors (Lipinski definition) is 9. The summed E-state index contributed by atoms with van der Waals surface area (Å²) in [6.07, 6.45) is 5.13. The molecule has 0 spiro atoms.